The van der Waals surface area contributed by atoms with Gasteiger partial charge in [-0.05, 0) is 38.1 Å². The van der Waals surface area contributed by atoms with Crippen LogP contribution in [-0.2, 0) is 0 Å². The third kappa shape index (κ3) is 4.40. The van der Waals surface area contributed by atoms with Crippen molar-refractivity contribution < 1.29 is 25.5 Å². The highest BCUT2D eigenvalue weighted by molar-refractivity contribution is 4.94. The van der Waals surface area contributed by atoms with Crippen molar-refractivity contribution in [2.75, 3.05) is 19.7 Å². The van der Waals surface area contributed by atoms with E-state index in [1.165, 1.54) is 6.42 Å². The number of aliphatic hydroxyl groups is 5. The predicted octanol–water partition coefficient (Wildman–Crippen LogP) is -0.533. The first kappa shape index (κ1) is 18.1. The topological polar surface area (TPSA) is 104 Å². The number of likely N-dealkylation sites (tertiary alicyclic amines) is 1. The number of rotatable bonds is 6. The Morgan fingerprint density at radius 3 is 2.27 bits per heavy atom. The van der Waals surface area contributed by atoms with Gasteiger partial charge in [-0.1, -0.05) is 19.3 Å². The molecule has 130 valence electrons. The molecule has 5 N–H and O–H groups in total. The summed E-state index contributed by atoms with van der Waals surface area (Å²) >= 11 is 0. The number of nitrogens with zero attached hydrogens (tertiary/aromatic N) is 1. The Hall–Kier alpha value is -0.240. The number of β-amino-alcohol motifs (C(OH)–C–C–N with tert-alkyl or cyclic N) is 1. The Kier molecular flexibility index (Phi) is 7.05. The minimum Gasteiger partial charge on any atom is -0.395 e. The molecule has 0 spiro atoms. The summed E-state index contributed by atoms with van der Waals surface area (Å²) in [5.74, 6) is 0.404. The van der Waals surface area contributed by atoms with Crippen LogP contribution < -0.4 is 0 Å². The molecular formula is C16H31NO5. The van der Waals surface area contributed by atoms with Crippen molar-refractivity contribution in [3.05, 3.63) is 0 Å². The van der Waals surface area contributed by atoms with E-state index < -0.39 is 24.4 Å². The van der Waals surface area contributed by atoms with E-state index in [1.54, 1.807) is 0 Å². The van der Waals surface area contributed by atoms with Gasteiger partial charge in [0.15, 0.2) is 0 Å². The number of piperidine rings is 1. The molecule has 1 saturated heterocycles. The molecule has 1 heterocycles. The highest BCUT2D eigenvalue weighted by atomic mass is 16.4. The summed E-state index contributed by atoms with van der Waals surface area (Å²) in [5, 5.41) is 48.7. The van der Waals surface area contributed by atoms with E-state index in [0.29, 0.717) is 12.5 Å². The Balaban J connectivity index is 1.73. The highest BCUT2D eigenvalue weighted by Gasteiger charge is 2.40. The molecule has 0 aromatic heterocycles. The van der Waals surface area contributed by atoms with E-state index in [2.05, 4.69) is 0 Å². The van der Waals surface area contributed by atoms with Gasteiger partial charge >= 0.3 is 0 Å². The van der Waals surface area contributed by atoms with Crippen molar-refractivity contribution in [2.45, 2.75) is 75.4 Å². The maximum Gasteiger partial charge on any atom is 0.109 e. The third-order valence-corrected chi connectivity index (χ3v) is 5.36. The molecule has 2 unspecified atom stereocenters. The summed E-state index contributed by atoms with van der Waals surface area (Å²) in [6.45, 7) is 0.719. The quantitative estimate of drug-likeness (QED) is 0.422. The molecule has 2 aliphatic rings. The number of hydrogen-bond donors (Lipinski definition) is 5. The Morgan fingerprint density at radius 1 is 0.864 bits per heavy atom. The molecule has 0 aromatic carbocycles. The van der Waals surface area contributed by atoms with Gasteiger partial charge in [0.1, 0.15) is 12.2 Å². The maximum atomic E-state index is 9.96. The fraction of sp³-hybridized carbons (Fsp3) is 1.00. The smallest absolute Gasteiger partial charge is 0.109 e. The fourth-order valence-corrected chi connectivity index (χ4v) is 3.88. The average Bonchev–Trinajstić information content (AvgIpc) is 2.51. The van der Waals surface area contributed by atoms with Crippen molar-refractivity contribution in [2.24, 2.45) is 5.92 Å². The van der Waals surface area contributed by atoms with Gasteiger partial charge in [-0.3, -0.25) is 4.90 Å². The van der Waals surface area contributed by atoms with E-state index in [1.807, 2.05) is 4.90 Å². The maximum absolute atomic E-state index is 9.96. The molecule has 1 aliphatic heterocycles. The zero-order valence-corrected chi connectivity index (χ0v) is 13.2. The lowest BCUT2D eigenvalue weighted by Crippen LogP contribution is -2.62. The lowest BCUT2D eigenvalue weighted by molar-refractivity contribution is -0.145. The standard InChI is InChI=1S/C16H31NO5/c18-10-12-15(21)16(22)14(20)9-17(12)8-4-3-6-11-5-1-2-7-13(11)19/h11-16,18-22H,1-10H2/t11?,12-,13?,14+,15-,16-/m1/s1. The van der Waals surface area contributed by atoms with Crippen LogP contribution in [0.25, 0.3) is 0 Å². The van der Waals surface area contributed by atoms with Crippen LogP contribution in [0.15, 0.2) is 0 Å². The Labute approximate surface area is 132 Å². The molecule has 0 radical (unpaired) electrons. The van der Waals surface area contributed by atoms with Crippen LogP contribution in [0.2, 0.25) is 0 Å². The summed E-state index contributed by atoms with van der Waals surface area (Å²) in [4.78, 5) is 1.86. The molecule has 0 aromatic rings. The second-order valence-electron chi connectivity index (χ2n) is 6.90. The van der Waals surface area contributed by atoms with Gasteiger partial charge in [0.2, 0.25) is 0 Å². The summed E-state index contributed by atoms with van der Waals surface area (Å²) < 4.78 is 0. The summed E-state index contributed by atoms with van der Waals surface area (Å²) in [5.41, 5.74) is 0. The van der Waals surface area contributed by atoms with Gasteiger partial charge in [-0.25, -0.2) is 0 Å². The third-order valence-electron chi connectivity index (χ3n) is 5.36. The molecule has 2 rings (SSSR count). The average molecular weight is 317 g/mol. The highest BCUT2D eigenvalue weighted by Crippen LogP contribution is 2.28. The molecule has 1 saturated carbocycles. The first-order valence-electron chi connectivity index (χ1n) is 8.61. The normalized spacial score (nSPS) is 40.8. The van der Waals surface area contributed by atoms with Crippen LogP contribution in [-0.4, -0.2) is 80.6 Å². The van der Waals surface area contributed by atoms with Crippen LogP contribution in [0.1, 0.15) is 44.9 Å². The second kappa shape index (κ2) is 8.57. The first-order chi connectivity index (χ1) is 10.5. The van der Waals surface area contributed by atoms with Crippen molar-refractivity contribution >= 4 is 0 Å². The van der Waals surface area contributed by atoms with Crippen LogP contribution in [0.5, 0.6) is 0 Å². The van der Waals surface area contributed by atoms with Crippen LogP contribution in [0, 0.1) is 5.92 Å². The number of hydrogen-bond acceptors (Lipinski definition) is 6. The summed E-state index contributed by atoms with van der Waals surface area (Å²) in [6, 6.07) is -0.515. The lowest BCUT2D eigenvalue weighted by atomic mass is 9.83. The fourth-order valence-electron chi connectivity index (χ4n) is 3.88. The monoisotopic (exact) mass is 317 g/mol. The van der Waals surface area contributed by atoms with Gasteiger partial charge in [-0.2, -0.15) is 0 Å². The first-order valence-corrected chi connectivity index (χ1v) is 8.61. The van der Waals surface area contributed by atoms with E-state index in [9.17, 15) is 25.5 Å². The van der Waals surface area contributed by atoms with E-state index in [4.69, 9.17) is 0 Å². The predicted molar refractivity (Wildman–Crippen MR) is 82.3 cm³/mol. The molecular weight excluding hydrogens is 286 g/mol. The molecule has 6 atom stereocenters. The molecule has 6 nitrogen and oxygen atoms in total. The van der Waals surface area contributed by atoms with Gasteiger partial charge in [0, 0.05) is 6.54 Å². The zero-order chi connectivity index (χ0) is 16.1. The summed E-state index contributed by atoms with van der Waals surface area (Å²) in [7, 11) is 0. The van der Waals surface area contributed by atoms with Crippen molar-refractivity contribution in [1.29, 1.82) is 0 Å². The Bertz CT molecular complexity index is 330. The lowest BCUT2D eigenvalue weighted by Gasteiger charge is -2.43. The minimum atomic E-state index is -1.19. The molecule has 2 fully saturated rings. The van der Waals surface area contributed by atoms with E-state index >= 15 is 0 Å². The largest absolute Gasteiger partial charge is 0.395 e. The van der Waals surface area contributed by atoms with Crippen LogP contribution >= 0.6 is 0 Å². The molecule has 1 aliphatic carbocycles. The molecule has 6 heteroatoms. The SMILES string of the molecule is OC[C@@H]1[C@@H](O)[C@H](O)[C@@H](O)CN1CCCCC1CCCCC1O. The van der Waals surface area contributed by atoms with Gasteiger partial charge in [0.05, 0.1) is 24.9 Å². The number of unbranched alkanes of at least 4 members (excludes halogenated alkanes) is 1. The van der Waals surface area contributed by atoms with Gasteiger partial charge in [0.25, 0.3) is 0 Å². The van der Waals surface area contributed by atoms with Crippen molar-refractivity contribution in [3.63, 3.8) is 0 Å². The number of aliphatic hydroxyl groups excluding tert-OH is 5. The van der Waals surface area contributed by atoms with Crippen LogP contribution in [0.4, 0.5) is 0 Å². The van der Waals surface area contributed by atoms with Gasteiger partial charge < -0.3 is 25.5 Å². The Morgan fingerprint density at radius 2 is 1.59 bits per heavy atom. The van der Waals surface area contributed by atoms with Crippen LogP contribution in [0.3, 0.4) is 0 Å². The summed E-state index contributed by atoms with van der Waals surface area (Å²) in [6.07, 6.45) is 3.81. The minimum absolute atomic E-state index is 0.160. The zero-order valence-electron chi connectivity index (χ0n) is 13.2. The van der Waals surface area contributed by atoms with Gasteiger partial charge in [-0.15, -0.1) is 0 Å². The van der Waals surface area contributed by atoms with E-state index in [-0.39, 0.29) is 19.3 Å². The molecule has 0 amide bonds. The molecule has 22 heavy (non-hydrogen) atoms. The van der Waals surface area contributed by atoms with Crippen molar-refractivity contribution in [1.82, 2.24) is 4.90 Å². The van der Waals surface area contributed by atoms with E-state index in [0.717, 1.165) is 38.5 Å². The second-order valence-corrected chi connectivity index (χ2v) is 6.90. The van der Waals surface area contributed by atoms with Crippen molar-refractivity contribution in [3.8, 4) is 0 Å². The molecule has 0 bridgehead atoms.